The summed E-state index contributed by atoms with van der Waals surface area (Å²) in [5.74, 6) is 0.319. The molecular formula is C12H25N3O2. The fourth-order valence-electron chi connectivity index (χ4n) is 1.16. The lowest BCUT2D eigenvalue weighted by molar-refractivity contribution is -0.151. The molecule has 1 atom stereocenters. The second-order valence-electron chi connectivity index (χ2n) is 4.14. The summed E-state index contributed by atoms with van der Waals surface area (Å²) < 4.78 is 5.12. The highest BCUT2D eigenvalue weighted by Crippen LogP contribution is 2.02. The molecule has 0 amide bonds. The van der Waals surface area contributed by atoms with E-state index in [0.29, 0.717) is 6.54 Å². The summed E-state index contributed by atoms with van der Waals surface area (Å²) in [6.45, 7) is 11.6. The average Bonchev–Trinajstić information content (AvgIpc) is 2.25. The molecule has 0 fully saturated rings. The van der Waals surface area contributed by atoms with E-state index in [0.717, 1.165) is 19.0 Å². The normalized spacial score (nSPS) is 11.9. The number of hydrogen-bond acceptors (Lipinski definition) is 3. The third kappa shape index (κ3) is 7.60. The van der Waals surface area contributed by atoms with Crippen molar-refractivity contribution >= 4 is 11.9 Å². The minimum Gasteiger partial charge on any atom is -0.463 e. The second kappa shape index (κ2) is 8.84. The van der Waals surface area contributed by atoms with Gasteiger partial charge >= 0.3 is 5.97 Å². The average molecular weight is 243 g/mol. The monoisotopic (exact) mass is 243 g/mol. The highest BCUT2D eigenvalue weighted by atomic mass is 16.5. The Hall–Kier alpha value is -1.26. The molecule has 0 heterocycles. The van der Waals surface area contributed by atoms with Crippen LogP contribution in [-0.4, -0.2) is 37.7 Å². The Balaban J connectivity index is 4.20. The molecule has 5 heteroatoms. The summed E-state index contributed by atoms with van der Waals surface area (Å²) in [7, 11) is 0. The number of aliphatic imine (C=N–C) groups is 1. The van der Waals surface area contributed by atoms with E-state index in [-0.39, 0.29) is 18.0 Å². The molecule has 0 saturated heterocycles. The molecule has 17 heavy (non-hydrogen) atoms. The van der Waals surface area contributed by atoms with Crippen LogP contribution in [0.2, 0.25) is 0 Å². The van der Waals surface area contributed by atoms with Gasteiger partial charge in [0.05, 0.1) is 18.6 Å². The zero-order valence-corrected chi connectivity index (χ0v) is 11.5. The molecule has 0 rings (SSSR count). The Morgan fingerprint density at radius 3 is 2.12 bits per heavy atom. The number of carbonyl (C=O) groups excluding carboxylic acids is 1. The molecule has 0 aromatic heterocycles. The molecule has 0 aliphatic carbocycles. The lowest BCUT2D eigenvalue weighted by Crippen LogP contribution is -2.37. The molecule has 100 valence electrons. The molecule has 0 bridgehead atoms. The first-order valence-corrected chi connectivity index (χ1v) is 6.23. The van der Waals surface area contributed by atoms with Crippen LogP contribution in [-0.2, 0) is 9.53 Å². The van der Waals surface area contributed by atoms with Gasteiger partial charge in [-0.15, -0.1) is 0 Å². The lowest BCUT2D eigenvalue weighted by atomic mass is 10.2. The molecular weight excluding hydrogens is 218 g/mol. The Labute approximate surface area is 104 Å². The largest absolute Gasteiger partial charge is 0.463 e. The number of nitrogens with zero attached hydrogens (tertiary/aromatic N) is 1. The van der Waals surface area contributed by atoms with Gasteiger partial charge in [0.25, 0.3) is 0 Å². The Morgan fingerprint density at radius 1 is 1.18 bits per heavy atom. The number of nitrogens with one attached hydrogen (secondary N) is 2. The molecule has 0 aliphatic rings. The van der Waals surface area contributed by atoms with Gasteiger partial charge in [-0.3, -0.25) is 9.79 Å². The van der Waals surface area contributed by atoms with Crippen molar-refractivity contribution in [2.24, 2.45) is 10.9 Å². The third-order valence-electron chi connectivity index (χ3n) is 1.97. The van der Waals surface area contributed by atoms with Gasteiger partial charge in [0.1, 0.15) is 0 Å². The van der Waals surface area contributed by atoms with Crippen LogP contribution < -0.4 is 10.6 Å². The van der Waals surface area contributed by atoms with Crippen LogP contribution in [0.25, 0.3) is 0 Å². The van der Waals surface area contributed by atoms with Gasteiger partial charge in [-0.1, -0.05) is 6.92 Å². The van der Waals surface area contributed by atoms with Crippen molar-refractivity contribution in [2.75, 3.05) is 19.6 Å². The van der Waals surface area contributed by atoms with Crippen LogP contribution >= 0.6 is 0 Å². The second-order valence-corrected chi connectivity index (χ2v) is 4.14. The van der Waals surface area contributed by atoms with Gasteiger partial charge in [0.15, 0.2) is 5.96 Å². The maximum atomic E-state index is 11.5. The summed E-state index contributed by atoms with van der Waals surface area (Å²) in [5.41, 5.74) is 0. The van der Waals surface area contributed by atoms with Gasteiger partial charge in [0.2, 0.25) is 0 Å². The summed E-state index contributed by atoms with van der Waals surface area (Å²) >= 11 is 0. The molecule has 2 N–H and O–H groups in total. The Morgan fingerprint density at radius 2 is 1.71 bits per heavy atom. The fourth-order valence-corrected chi connectivity index (χ4v) is 1.16. The van der Waals surface area contributed by atoms with E-state index < -0.39 is 0 Å². The number of rotatable bonds is 6. The van der Waals surface area contributed by atoms with E-state index >= 15 is 0 Å². The molecule has 0 aromatic carbocycles. The minimum atomic E-state index is -0.218. The van der Waals surface area contributed by atoms with Crippen molar-refractivity contribution in [3.63, 3.8) is 0 Å². The van der Waals surface area contributed by atoms with Gasteiger partial charge in [0, 0.05) is 13.1 Å². The van der Waals surface area contributed by atoms with Crippen LogP contribution in [0.3, 0.4) is 0 Å². The summed E-state index contributed by atoms with van der Waals surface area (Å²) in [6, 6.07) is 0. The number of ether oxygens (including phenoxy) is 1. The number of guanidine groups is 1. The van der Waals surface area contributed by atoms with Crippen molar-refractivity contribution in [3.8, 4) is 0 Å². The van der Waals surface area contributed by atoms with Crippen LogP contribution in [0.1, 0.15) is 34.6 Å². The molecule has 0 aromatic rings. The Bertz CT molecular complexity index is 244. The van der Waals surface area contributed by atoms with Gasteiger partial charge in [-0.25, -0.2) is 0 Å². The first-order valence-electron chi connectivity index (χ1n) is 6.23. The van der Waals surface area contributed by atoms with Crippen LogP contribution in [0, 0.1) is 5.92 Å². The number of hydrogen-bond donors (Lipinski definition) is 2. The molecule has 0 spiro atoms. The van der Waals surface area contributed by atoms with Crippen LogP contribution in [0.4, 0.5) is 0 Å². The first kappa shape index (κ1) is 15.7. The van der Waals surface area contributed by atoms with Crippen molar-refractivity contribution in [1.29, 1.82) is 0 Å². The standard InChI is InChI=1S/C12H25N3O2/c1-6-13-12(14-7-2)15-8-10(5)11(16)17-9(3)4/h9-10H,6-8H2,1-5H3,(H2,13,14,15). The molecule has 0 radical (unpaired) electrons. The lowest BCUT2D eigenvalue weighted by Gasteiger charge is -2.13. The van der Waals surface area contributed by atoms with Crippen molar-refractivity contribution in [1.82, 2.24) is 10.6 Å². The van der Waals surface area contributed by atoms with Gasteiger partial charge in [-0.2, -0.15) is 0 Å². The molecule has 0 saturated carbocycles. The Kier molecular flexibility index (Phi) is 8.19. The predicted octanol–water partition coefficient (Wildman–Crippen LogP) is 1.15. The summed E-state index contributed by atoms with van der Waals surface area (Å²) in [4.78, 5) is 15.9. The predicted molar refractivity (Wildman–Crippen MR) is 70.0 cm³/mol. The van der Waals surface area contributed by atoms with Crippen molar-refractivity contribution in [2.45, 2.75) is 40.7 Å². The summed E-state index contributed by atoms with van der Waals surface area (Å²) in [5, 5.41) is 6.21. The van der Waals surface area contributed by atoms with Crippen molar-refractivity contribution < 1.29 is 9.53 Å². The van der Waals surface area contributed by atoms with E-state index in [1.165, 1.54) is 0 Å². The minimum absolute atomic E-state index is 0.0732. The van der Waals surface area contributed by atoms with E-state index in [1.807, 2.05) is 34.6 Å². The molecule has 1 unspecified atom stereocenters. The smallest absolute Gasteiger partial charge is 0.310 e. The number of esters is 1. The highest BCUT2D eigenvalue weighted by Gasteiger charge is 2.15. The molecule has 5 nitrogen and oxygen atoms in total. The first-order chi connectivity index (χ1) is 8.01. The van der Waals surface area contributed by atoms with Gasteiger partial charge in [-0.05, 0) is 27.7 Å². The topological polar surface area (TPSA) is 62.7 Å². The quantitative estimate of drug-likeness (QED) is 0.417. The molecule has 0 aliphatic heterocycles. The van der Waals surface area contributed by atoms with Crippen molar-refractivity contribution in [3.05, 3.63) is 0 Å². The van der Waals surface area contributed by atoms with E-state index in [1.54, 1.807) is 0 Å². The van der Waals surface area contributed by atoms with E-state index in [2.05, 4.69) is 15.6 Å². The third-order valence-corrected chi connectivity index (χ3v) is 1.97. The van der Waals surface area contributed by atoms with Gasteiger partial charge < -0.3 is 15.4 Å². The van der Waals surface area contributed by atoms with E-state index in [4.69, 9.17) is 4.74 Å². The zero-order valence-electron chi connectivity index (χ0n) is 11.5. The maximum absolute atomic E-state index is 11.5. The van der Waals surface area contributed by atoms with Crippen LogP contribution in [0.15, 0.2) is 4.99 Å². The van der Waals surface area contributed by atoms with Crippen LogP contribution in [0.5, 0.6) is 0 Å². The fraction of sp³-hybridized carbons (Fsp3) is 0.833. The highest BCUT2D eigenvalue weighted by molar-refractivity contribution is 5.80. The SMILES string of the molecule is CCNC(=NCC(C)C(=O)OC(C)C)NCC. The number of carbonyl (C=O) groups is 1. The summed E-state index contributed by atoms with van der Waals surface area (Å²) in [6.07, 6.45) is -0.0732. The maximum Gasteiger partial charge on any atom is 0.310 e. The van der Waals surface area contributed by atoms with E-state index in [9.17, 15) is 4.79 Å². The zero-order chi connectivity index (χ0) is 13.3.